The van der Waals surface area contributed by atoms with Crippen LogP contribution in [0.25, 0.3) is 0 Å². The zero-order valence-electron chi connectivity index (χ0n) is 8.97. The predicted octanol–water partition coefficient (Wildman–Crippen LogP) is 4.24. The molecule has 2 rings (SSSR count). The van der Waals surface area contributed by atoms with E-state index in [4.69, 9.17) is 0 Å². The quantitative estimate of drug-likeness (QED) is 0.594. The molecule has 0 aliphatic rings. The average Bonchev–Trinajstić information content (AvgIpc) is 2.79. The van der Waals surface area contributed by atoms with E-state index in [1.807, 2.05) is 24.3 Å². The number of thiophene rings is 1. The highest BCUT2D eigenvalue weighted by Crippen LogP contribution is 2.25. The Bertz CT molecular complexity index is 474. The molecule has 0 fully saturated rings. The van der Waals surface area contributed by atoms with E-state index >= 15 is 0 Å². The summed E-state index contributed by atoms with van der Waals surface area (Å²) in [6.07, 6.45) is 0. The van der Waals surface area contributed by atoms with Gasteiger partial charge >= 0.3 is 0 Å². The maximum Gasteiger partial charge on any atom is 0.159 e. The maximum absolute atomic E-state index is 11.2. The fraction of sp³-hybridized carbons (Fsp3) is 0.154. The van der Waals surface area contributed by atoms with Gasteiger partial charge in [0.1, 0.15) is 0 Å². The molecule has 0 atom stereocenters. The molecule has 82 valence electrons. The van der Waals surface area contributed by atoms with Crippen LogP contribution in [0.3, 0.4) is 0 Å². The summed E-state index contributed by atoms with van der Waals surface area (Å²) >= 11 is 3.53. The van der Waals surface area contributed by atoms with Crippen LogP contribution >= 0.6 is 23.1 Å². The molecule has 0 saturated carbocycles. The Morgan fingerprint density at radius 3 is 2.88 bits per heavy atom. The van der Waals surface area contributed by atoms with Gasteiger partial charge in [0.15, 0.2) is 5.78 Å². The molecule has 1 aromatic carbocycles. The minimum Gasteiger partial charge on any atom is -0.295 e. The molecule has 0 radical (unpaired) electrons. The maximum atomic E-state index is 11.2. The summed E-state index contributed by atoms with van der Waals surface area (Å²) in [6, 6.07) is 12.0. The molecular formula is C13H12OS2. The second-order valence-electron chi connectivity index (χ2n) is 3.45. The molecule has 1 nitrogen and oxygen atoms in total. The molecule has 1 heterocycles. The number of benzene rings is 1. The largest absolute Gasteiger partial charge is 0.295 e. The molecule has 0 N–H and O–H groups in total. The number of hydrogen-bond acceptors (Lipinski definition) is 3. The summed E-state index contributed by atoms with van der Waals surface area (Å²) in [6.45, 7) is 1.60. The van der Waals surface area contributed by atoms with Crippen molar-refractivity contribution in [2.75, 3.05) is 0 Å². The molecule has 0 unspecified atom stereocenters. The molecule has 1 aromatic heterocycles. The van der Waals surface area contributed by atoms with Crippen molar-refractivity contribution in [3.63, 3.8) is 0 Å². The van der Waals surface area contributed by atoms with Crippen LogP contribution in [0.1, 0.15) is 22.2 Å². The molecule has 0 bridgehead atoms. The second kappa shape index (κ2) is 5.32. The first-order valence-electron chi connectivity index (χ1n) is 5.02. The standard InChI is InChI=1S/C13H12OS2/c1-10(14)11-4-2-5-12(8-11)16-9-13-6-3-7-15-13/h2-8H,9H2,1H3. The molecule has 0 saturated heterocycles. The zero-order chi connectivity index (χ0) is 11.4. The van der Waals surface area contributed by atoms with E-state index in [0.717, 1.165) is 16.2 Å². The molecule has 0 amide bonds. The van der Waals surface area contributed by atoms with Gasteiger partial charge in [-0.1, -0.05) is 18.2 Å². The van der Waals surface area contributed by atoms with Gasteiger partial charge in [-0.15, -0.1) is 23.1 Å². The van der Waals surface area contributed by atoms with Gasteiger partial charge in [0, 0.05) is 21.1 Å². The normalized spacial score (nSPS) is 10.3. The first kappa shape index (κ1) is 11.4. The highest BCUT2D eigenvalue weighted by atomic mass is 32.2. The van der Waals surface area contributed by atoms with E-state index in [1.165, 1.54) is 4.88 Å². The number of ketones is 1. The van der Waals surface area contributed by atoms with Crippen LogP contribution in [-0.4, -0.2) is 5.78 Å². The summed E-state index contributed by atoms with van der Waals surface area (Å²) < 4.78 is 0. The molecule has 0 spiro atoms. The van der Waals surface area contributed by atoms with Crippen LogP contribution in [0, 0.1) is 0 Å². The number of rotatable bonds is 4. The van der Waals surface area contributed by atoms with Crippen LogP contribution < -0.4 is 0 Å². The average molecular weight is 248 g/mol. The second-order valence-corrected chi connectivity index (χ2v) is 5.53. The Hall–Kier alpha value is -1.06. The van der Waals surface area contributed by atoms with Crippen molar-refractivity contribution in [2.24, 2.45) is 0 Å². The van der Waals surface area contributed by atoms with Crippen LogP contribution in [0.4, 0.5) is 0 Å². The third-order valence-electron chi connectivity index (χ3n) is 2.20. The first-order chi connectivity index (χ1) is 7.75. The summed E-state index contributed by atoms with van der Waals surface area (Å²) in [5, 5.41) is 2.09. The van der Waals surface area contributed by atoms with Gasteiger partial charge in [-0.2, -0.15) is 0 Å². The zero-order valence-corrected chi connectivity index (χ0v) is 10.6. The first-order valence-corrected chi connectivity index (χ1v) is 6.88. The van der Waals surface area contributed by atoms with Crippen molar-refractivity contribution in [1.29, 1.82) is 0 Å². The summed E-state index contributed by atoms with van der Waals surface area (Å²) in [7, 11) is 0. The SMILES string of the molecule is CC(=O)c1cccc(SCc2cccs2)c1. The third kappa shape index (κ3) is 2.97. The van der Waals surface area contributed by atoms with Gasteiger partial charge in [-0.25, -0.2) is 0 Å². The number of carbonyl (C=O) groups excluding carboxylic acids is 1. The Morgan fingerprint density at radius 2 is 2.19 bits per heavy atom. The van der Waals surface area contributed by atoms with Crippen molar-refractivity contribution in [3.8, 4) is 0 Å². The van der Waals surface area contributed by atoms with E-state index in [0.29, 0.717) is 0 Å². The minimum atomic E-state index is 0.124. The topological polar surface area (TPSA) is 17.1 Å². The molecule has 0 aliphatic carbocycles. The lowest BCUT2D eigenvalue weighted by molar-refractivity contribution is 0.101. The van der Waals surface area contributed by atoms with Crippen molar-refractivity contribution >= 4 is 28.9 Å². The molecule has 3 heteroatoms. The highest BCUT2D eigenvalue weighted by Gasteiger charge is 2.01. The lowest BCUT2D eigenvalue weighted by atomic mass is 10.2. The molecule has 2 aromatic rings. The van der Waals surface area contributed by atoms with E-state index in [9.17, 15) is 4.79 Å². The van der Waals surface area contributed by atoms with Crippen molar-refractivity contribution in [2.45, 2.75) is 17.6 Å². The van der Waals surface area contributed by atoms with Gasteiger partial charge in [0.2, 0.25) is 0 Å². The fourth-order valence-corrected chi connectivity index (χ4v) is 3.08. The smallest absolute Gasteiger partial charge is 0.159 e. The van der Waals surface area contributed by atoms with E-state index in [2.05, 4.69) is 17.5 Å². The van der Waals surface area contributed by atoms with E-state index < -0.39 is 0 Å². The van der Waals surface area contributed by atoms with Gasteiger partial charge in [-0.05, 0) is 30.5 Å². The van der Waals surface area contributed by atoms with Gasteiger partial charge in [0.05, 0.1) is 0 Å². The monoisotopic (exact) mass is 248 g/mol. The Kier molecular flexibility index (Phi) is 3.80. The highest BCUT2D eigenvalue weighted by molar-refractivity contribution is 7.98. The van der Waals surface area contributed by atoms with Crippen LogP contribution in [0.15, 0.2) is 46.7 Å². The summed E-state index contributed by atoms with van der Waals surface area (Å²) in [4.78, 5) is 13.7. The summed E-state index contributed by atoms with van der Waals surface area (Å²) in [5.74, 6) is 1.09. The van der Waals surface area contributed by atoms with Crippen LogP contribution in [0.2, 0.25) is 0 Å². The van der Waals surface area contributed by atoms with Crippen molar-refractivity contribution in [1.82, 2.24) is 0 Å². The number of hydrogen-bond donors (Lipinski definition) is 0. The fourth-order valence-electron chi connectivity index (χ4n) is 1.35. The molecular weight excluding hydrogens is 236 g/mol. The van der Waals surface area contributed by atoms with Gasteiger partial charge < -0.3 is 0 Å². The van der Waals surface area contributed by atoms with Crippen molar-refractivity contribution < 1.29 is 4.79 Å². The number of Topliss-reactive ketones (excluding diaryl/α,β-unsaturated/α-hetero) is 1. The lowest BCUT2D eigenvalue weighted by Gasteiger charge is -2.01. The molecule has 0 aliphatic heterocycles. The molecule has 16 heavy (non-hydrogen) atoms. The number of carbonyl (C=O) groups is 1. The summed E-state index contributed by atoms with van der Waals surface area (Å²) in [5.41, 5.74) is 0.788. The van der Waals surface area contributed by atoms with Crippen LogP contribution in [0.5, 0.6) is 0 Å². The van der Waals surface area contributed by atoms with Gasteiger partial charge in [0.25, 0.3) is 0 Å². The van der Waals surface area contributed by atoms with E-state index in [-0.39, 0.29) is 5.78 Å². The number of thioether (sulfide) groups is 1. The lowest BCUT2D eigenvalue weighted by Crippen LogP contribution is -1.90. The predicted molar refractivity (Wildman–Crippen MR) is 70.3 cm³/mol. The Morgan fingerprint density at radius 1 is 1.31 bits per heavy atom. The third-order valence-corrected chi connectivity index (χ3v) is 4.30. The minimum absolute atomic E-state index is 0.124. The Labute approximate surface area is 104 Å². The van der Waals surface area contributed by atoms with Crippen LogP contribution in [-0.2, 0) is 5.75 Å². The van der Waals surface area contributed by atoms with E-state index in [1.54, 1.807) is 30.0 Å². The Balaban J connectivity index is 2.04. The van der Waals surface area contributed by atoms with Gasteiger partial charge in [-0.3, -0.25) is 4.79 Å². The van der Waals surface area contributed by atoms with Crippen molar-refractivity contribution in [3.05, 3.63) is 52.2 Å².